The largest absolute Gasteiger partial charge is 0.510 e. The Morgan fingerprint density at radius 3 is 2.41 bits per heavy atom. The van der Waals surface area contributed by atoms with Crippen LogP contribution in [0, 0.1) is 17.8 Å². The fraction of sp³-hybridized carbons (Fsp3) is 0.385. The number of fused-ring (bicyclic) bond motifs is 3. The highest BCUT2D eigenvalue weighted by Gasteiger charge is 2.56. The van der Waals surface area contributed by atoms with E-state index in [1.165, 1.54) is 12.5 Å². The number of amides is 1. The van der Waals surface area contributed by atoms with E-state index in [-0.39, 0.29) is 34.8 Å². The van der Waals surface area contributed by atoms with E-state index < -0.39 is 58.4 Å². The van der Waals surface area contributed by atoms with Crippen molar-refractivity contribution in [2.45, 2.75) is 18.9 Å². The summed E-state index contributed by atoms with van der Waals surface area (Å²) in [6.07, 6.45) is 3.38. The fourth-order valence-corrected chi connectivity index (χ4v) is 6.23. The molecule has 194 valence electrons. The number of allylic oxidation sites excluding steroid dienone is 1. The Bertz CT molecular complexity index is 1400. The number of Topliss-reactive ketones (excluding diaryl/α,β-unsaturated/α-hetero) is 2. The molecule has 1 amide bonds. The molecule has 1 heterocycles. The van der Waals surface area contributed by atoms with Crippen LogP contribution < -0.4 is 10.6 Å². The van der Waals surface area contributed by atoms with Gasteiger partial charge in [-0.25, -0.2) is 4.98 Å². The number of nitrogens with zero attached hydrogens (tertiary/aromatic N) is 3. The summed E-state index contributed by atoms with van der Waals surface area (Å²) in [7, 11) is 7.01. The highest BCUT2D eigenvalue weighted by Crippen LogP contribution is 2.53. The van der Waals surface area contributed by atoms with Crippen molar-refractivity contribution in [3.63, 3.8) is 0 Å². The lowest BCUT2D eigenvalue weighted by molar-refractivity contribution is -0.136. The molecule has 0 spiro atoms. The van der Waals surface area contributed by atoms with Crippen molar-refractivity contribution in [1.82, 2.24) is 9.88 Å². The second kappa shape index (κ2) is 8.48. The van der Waals surface area contributed by atoms with Crippen molar-refractivity contribution >= 4 is 28.9 Å². The van der Waals surface area contributed by atoms with Crippen LogP contribution in [0.15, 0.2) is 39.8 Å². The third-order valence-electron chi connectivity index (χ3n) is 7.69. The van der Waals surface area contributed by atoms with Gasteiger partial charge in [0.2, 0.25) is 5.89 Å². The van der Waals surface area contributed by atoms with Crippen molar-refractivity contribution in [2.24, 2.45) is 23.5 Å². The molecule has 1 aromatic carbocycles. The maximum Gasteiger partial charge on any atom is 0.255 e. The Balaban J connectivity index is 1.72. The molecule has 0 saturated heterocycles. The van der Waals surface area contributed by atoms with Crippen molar-refractivity contribution in [2.75, 3.05) is 33.1 Å². The van der Waals surface area contributed by atoms with E-state index in [9.17, 15) is 29.7 Å². The average Bonchev–Trinajstić information content (AvgIpc) is 3.32. The average molecular weight is 509 g/mol. The van der Waals surface area contributed by atoms with Crippen LogP contribution in [0.5, 0.6) is 5.75 Å². The van der Waals surface area contributed by atoms with Crippen molar-refractivity contribution in [3.05, 3.63) is 46.6 Å². The summed E-state index contributed by atoms with van der Waals surface area (Å²) >= 11 is 0. The summed E-state index contributed by atoms with van der Waals surface area (Å²) in [5, 5.41) is 33.5. The monoisotopic (exact) mass is 508 g/mol. The van der Waals surface area contributed by atoms with Gasteiger partial charge >= 0.3 is 0 Å². The van der Waals surface area contributed by atoms with Crippen molar-refractivity contribution in [1.29, 1.82) is 0 Å². The second-order valence-electron chi connectivity index (χ2n) is 10.2. The molecule has 4 atom stereocenters. The van der Waals surface area contributed by atoms with E-state index in [1.807, 2.05) is 19.0 Å². The summed E-state index contributed by atoms with van der Waals surface area (Å²) in [4.78, 5) is 46.8. The number of aromatic hydroxyl groups is 1. The quantitative estimate of drug-likeness (QED) is 0.351. The second-order valence-corrected chi connectivity index (χ2v) is 10.2. The molecule has 11 heteroatoms. The third-order valence-corrected chi connectivity index (χ3v) is 7.69. The summed E-state index contributed by atoms with van der Waals surface area (Å²) in [5.41, 5.74) is 6.49. The topological polar surface area (TPSA) is 170 Å². The zero-order valence-electron chi connectivity index (χ0n) is 20.8. The molecule has 37 heavy (non-hydrogen) atoms. The zero-order chi connectivity index (χ0) is 26.9. The SMILES string of the molecule is CN(C)c1cc(-c2ncco2)c(O)c2c1CC1CC3C(C(=O)C(C(N)=O)=C(O)[C@H]3N(C)C)C(=O)C1=C2O. The minimum absolute atomic E-state index is 0.0226. The molecule has 5 N–H and O–H groups in total. The first kappa shape index (κ1) is 24.6. The first-order valence-corrected chi connectivity index (χ1v) is 11.8. The van der Waals surface area contributed by atoms with E-state index >= 15 is 0 Å². The van der Waals surface area contributed by atoms with E-state index in [0.29, 0.717) is 17.7 Å². The predicted molar refractivity (Wildman–Crippen MR) is 133 cm³/mol. The molecular weight excluding hydrogens is 480 g/mol. The maximum absolute atomic E-state index is 13.9. The van der Waals surface area contributed by atoms with Gasteiger partial charge in [0.05, 0.1) is 29.3 Å². The van der Waals surface area contributed by atoms with Gasteiger partial charge in [0.25, 0.3) is 5.91 Å². The molecule has 0 bridgehead atoms. The Morgan fingerprint density at radius 2 is 1.84 bits per heavy atom. The van der Waals surface area contributed by atoms with E-state index in [1.54, 1.807) is 25.1 Å². The number of oxazole rings is 1. The van der Waals surface area contributed by atoms with Crippen LogP contribution >= 0.6 is 0 Å². The number of aromatic nitrogens is 1. The van der Waals surface area contributed by atoms with Gasteiger partial charge in [-0.15, -0.1) is 0 Å². The van der Waals surface area contributed by atoms with Gasteiger partial charge in [0.1, 0.15) is 29.1 Å². The summed E-state index contributed by atoms with van der Waals surface area (Å²) in [6.45, 7) is 0. The number of benzene rings is 1. The first-order chi connectivity index (χ1) is 17.5. The van der Waals surface area contributed by atoms with Crippen LogP contribution in [0.2, 0.25) is 0 Å². The number of likely N-dealkylation sites (N-methyl/N-ethyl adjacent to an activating group) is 1. The molecule has 1 aromatic heterocycles. The molecule has 0 aliphatic heterocycles. The van der Waals surface area contributed by atoms with E-state index in [2.05, 4.69) is 4.98 Å². The Morgan fingerprint density at radius 1 is 1.14 bits per heavy atom. The van der Waals surface area contributed by atoms with Gasteiger partial charge in [0, 0.05) is 25.4 Å². The minimum Gasteiger partial charge on any atom is -0.510 e. The first-order valence-electron chi connectivity index (χ1n) is 11.8. The Labute approximate surface area is 212 Å². The highest BCUT2D eigenvalue weighted by molar-refractivity contribution is 6.28. The molecule has 0 radical (unpaired) electrons. The minimum atomic E-state index is -1.30. The number of nitrogens with two attached hydrogens (primary N) is 1. The number of hydrogen-bond donors (Lipinski definition) is 4. The zero-order valence-corrected chi connectivity index (χ0v) is 20.8. The van der Waals surface area contributed by atoms with Gasteiger partial charge in [-0.1, -0.05) is 0 Å². The molecule has 2 aromatic rings. The summed E-state index contributed by atoms with van der Waals surface area (Å²) in [5.74, 6) is -6.03. The lowest BCUT2D eigenvalue weighted by atomic mass is 9.59. The molecule has 11 nitrogen and oxygen atoms in total. The van der Waals surface area contributed by atoms with Gasteiger partial charge in [-0.3, -0.25) is 19.3 Å². The van der Waals surface area contributed by atoms with Crippen molar-refractivity contribution < 1.29 is 34.1 Å². The Hall–Kier alpha value is -4.12. The number of rotatable bonds is 4. The number of carbonyl (C=O) groups excluding carboxylic acids is 3. The molecule has 1 fully saturated rings. The molecular formula is C26H28N4O7. The van der Waals surface area contributed by atoms with Crippen LogP contribution in [-0.4, -0.2) is 76.9 Å². The number of carbonyl (C=O) groups is 3. The van der Waals surface area contributed by atoms with Crippen LogP contribution in [-0.2, 0) is 20.8 Å². The predicted octanol–water partition coefficient (Wildman–Crippen LogP) is 1.57. The summed E-state index contributed by atoms with van der Waals surface area (Å²) in [6, 6.07) is 0.931. The van der Waals surface area contributed by atoms with Gasteiger partial charge in [-0.2, -0.15) is 0 Å². The number of phenols is 1. The molecule has 5 rings (SSSR count). The number of ketones is 2. The number of hydrogen-bond acceptors (Lipinski definition) is 10. The molecule has 3 aliphatic rings. The maximum atomic E-state index is 13.9. The van der Waals surface area contributed by atoms with Crippen LogP contribution in [0.25, 0.3) is 17.2 Å². The lowest BCUT2D eigenvalue weighted by Gasteiger charge is -2.46. The highest BCUT2D eigenvalue weighted by atomic mass is 16.3. The third kappa shape index (κ3) is 3.45. The Kier molecular flexibility index (Phi) is 5.63. The number of aliphatic hydroxyl groups is 2. The van der Waals surface area contributed by atoms with Crippen LogP contribution in [0.3, 0.4) is 0 Å². The fourth-order valence-electron chi connectivity index (χ4n) is 6.23. The summed E-state index contributed by atoms with van der Waals surface area (Å²) < 4.78 is 5.38. The number of anilines is 1. The molecule has 3 aliphatic carbocycles. The smallest absolute Gasteiger partial charge is 0.255 e. The van der Waals surface area contributed by atoms with E-state index in [4.69, 9.17) is 10.2 Å². The van der Waals surface area contributed by atoms with Crippen molar-refractivity contribution in [3.8, 4) is 17.2 Å². The van der Waals surface area contributed by atoms with Gasteiger partial charge < -0.3 is 30.4 Å². The lowest BCUT2D eigenvalue weighted by Crippen LogP contribution is -2.55. The van der Waals surface area contributed by atoms with Gasteiger partial charge in [-0.05, 0) is 50.4 Å². The van der Waals surface area contributed by atoms with Crippen LogP contribution in [0.4, 0.5) is 5.69 Å². The molecule has 3 unspecified atom stereocenters. The van der Waals surface area contributed by atoms with Crippen LogP contribution in [0.1, 0.15) is 17.5 Å². The van der Waals surface area contributed by atoms with Gasteiger partial charge in [0.15, 0.2) is 11.6 Å². The standard InChI is InChI=1S/C26H28N4O7/c1-29(2)14-9-13(26-28-5-6-37-26)20(31)16-11(14)7-10-8-12-17(22(33)15(10)21(16)32)23(34)18(25(27)36)24(35)19(12)30(3)4/h5-6,9-10,12,17,19,31-32,35H,7-8H2,1-4H3,(H2,27,36)/t10?,12?,17?,19-/m0/s1. The molecule has 1 saturated carbocycles. The van der Waals surface area contributed by atoms with E-state index in [0.717, 1.165) is 0 Å². The normalized spacial score (nSPS) is 25.2. The number of aliphatic hydroxyl groups excluding tert-OH is 2. The number of phenolic OH excluding ortho intramolecular Hbond substituents is 1. The number of primary amides is 1.